The van der Waals surface area contributed by atoms with Gasteiger partial charge in [-0.05, 0) is 29.8 Å². The zero-order valence-corrected chi connectivity index (χ0v) is 14.4. The fourth-order valence-electron chi connectivity index (χ4n) is 2.32. The van der Waals surface area contributed by atoms with Crippen LogP contribution < -0.4 is 8.92 Å². The lowest BCUT2D eigenvalue weighted by Gasteiger charge is -2.18. The van der Waals surface area contributed by atoms with Gasteiger partial charge in [0.1, 0.15) is 17.0 Å². The molecule has 0 amide bonds. The van der Waals surface area contributed by atoms with Crippen LogP contribution in [-0.2, 0) is 21.5 Å². The molecule has 0 aromatic heterocycles. The second-order valence-corrected chi connectivity index (χ2v) is 6.79. The SMILES string of the molecule is COc1ccc(C(C)C=O)c(CO)c1OS(=O)(=O)c1cccc(F)c1. The van der Waals surface area contributed by atoms with Crippen LogP contribution in [0.4, 0.5) is 4.39 Å². The van der Waals surface area contributed by atoms with E-state index in [9.17, 15) is 22.7 Å². The van der Waals surface area contributed by atoms with E-state index in [1.54, 1.807) is 13.0 Å². The van der Waals surface area contributed by atoms with Gasteiger partial charge in [-0.25, -0.2) is 4.39 Å². The van der Waals surface area contributed by atoms with E-state index < -0.39 is 28.5 Å². The van der Waals surface area contributed by atoms with Gasteiger partial charge in [-0.1, -0.05) is 19.1 Å². The average molecular weight is 368 g/mol. The normalized spacial score (nSPS) is 12.5. The first kappa shape index (κ1) is 18.9. The van der Waals surface area contributed by atoms with Gasteiger partial charge < -0.3 is 18.8 Å². The third-order valence-corrected chi connectivity index (χ3v) is 4.83. The first-order valence-corrected chi connectivity index (χ1v) is 8.70. The maximum absolute atomic E-state index is 13.3. The van der Waals surface area contributed by atoms with Crippen LogP contribution in [0.25, 0.3) is 0 Å². The molecule has 25 heavy (non-hydrogen) atoms. The Labute approximate surface area is 144 Å². The maximum Gasteiger partial charge on any atom is 0.339 e. The molecule has 0 aliphatic heterocycles. The summed E-state index contributed by atoms with van der Waals surface area (Å²) in [6.07, 6.45) is 0.659. The van der Waals surface area contributed by atoms with Crippen molar-refractivity contribution in [1.29, 1.82) is 0 Å². The van der Waals surface area contributed by atoms with Crippen molar-refractivity contribution in [3.63, 3.8) is 0 Å². The van der Waals surface area contributed by atoms with Crippen molar-refractivity contribution in [3.05, 3.63) is 53.3 Å². The summed E-state index contributed by atoms with van der Waals surface area (Å²) < 4.78 is 48.4. The molecule has 2 aromatic carbocycles. The molecule has 0 heterocycles. The number of aliphatic hydroxyl groups is 1. The summed E-state index contributed by atoms with van der Waals surface area (Å²) in [7, 11) is -3.06. The topological polar surface area (TPSA) is 89.9 Å². The van der Waals surface area contributed by atoms with E-state index in [0.717, 1.165) is 12.1 Å². The van der Waals surface area contributed by atoms with Gasteiger partial charge in [-0.15, -0.1) is 0 Å². The summed E-state index contributed by atoms with van der Waals surface area (Å²) in [6.45, 7) is 1.03. The summed E-state index contributed by atoms with van der Waals surface area (Å²) in [4.78, 5) is 10.7. The Hall–Kier alpha value is -2.45. The Bertz CT molecular complexity index is 879. The van der Waals surface area contributed by atoms with Crippen molar-refractivity contribution < 1.29 is 31.6 Å². The number of aliphatic hydroxyl groups excluding tert-OH is 1. The molecule has 2 aromatic rings. The molecular formula is C17H17FO6S. The first-order chi connectivity index (χ1) is 11.8. The predicted octanol–water partition coefficient (Wildman–Crippen LogP) is 2.40. The van der Waals surface area contributed by atoms with Crippen molar-refractivity contribution in [1.82, 2.24) is 0 Å². The van der Waals surface area contributed by atoms with E-state index >= 15 is 0 Å². The average Bonchev–Trinajstić information content (AvgIpc) is 2.60. The molecule has 1 unspecified atom stereocenters. The van der Waals surface area contributed by atoms with Gasteiger partial charge in [0.15, 0.2) is 11.5 Å². The van der Waals surface area contributed by atoms with E-state index in [1.807, 2.05) is 0 Å². The molecule has 0 spiro atoms. The fourth-order valence-corrected chi connectivity index (χ4v) is 3.32. The molecule has 0 aliphatic rings. The lowest BCUT2D eigenvalue weighted by Crippen LogP contribution is -2.14. The van der Waals surface area contributed by atoms with Crippen molar-refractivity contribution in [2.45, 2.75) is 24.3 Å². The Kier molecular flexibility index (Phi) is 5.76. The zero-order valence-electron chi connectivity index (χ0n) is 13.6. The Morgan fingerprint density at radius 2 is 2.00 bits per heavy atom. The second-order valence-electron chi connectivity index (χ2n) is 5.24. The van der Waals surface area contributed by atoms with Crippen molar-refractivity contribution in [2.75, 3.05) is 7.11 Å². The van der Waals surface area contributed by atoms with Gasteiger partial charge >= 0.3 is 10.1 Å². The minimum absolute atomic E-state index is 0.0610. The van der Waals surface area contributed by atoms with Crippen LogP contribution in [-0.4, -0.2) is 26.9 Å². The molecule has 1 atom stereocenters. The summed E-state index contributed by atoms with van der Waals surface area (Å²) in [6, 6.07) is 7.32. The second kappa shape index (κ2) is 7.62. The molecular weight excluding hydrogens is 351 g/mol. The maximum atomic E-state index is 13.3. The summed E-state index contributed by atoms with van der Waals surface area (Å²) in [5.74, 6) is -1.50. The largest absolute Gasteiger partial charge is 0.493 e. The molecule has 0 saturated heterocycles. The number of rotatable bonds is 7. The summed E-state index contributed by atoms with van der Waals surface area (Å²) >= 11 is 0. The number of hydrogen-bond acceptors (Lipinski definition) is 6. The highest BCUT2D eigenvalue weighted by Gasteiger charge is 2.25. The van der Waals surface area contributed by atoms with Crippen LogP contribution in [0.3, 0.4) is 0 Å². The van der Waals surface area contributed by atoms with Crippen LogP contribution in [0.15, 0.2) is 41.3 Å². The predicted molar refractivity (Wildman–Crippen MR) is 87.6 cm³/mol. The quantitative estimate of drug-likeness (QED) is 0.596. The molecule has 0 radical (unpaired) electrons. The number of carbonyl (C=O) groups is 1. The minimum Gasteiger partial charge on any atom is -0.493 e. The van der Waals surface area contributed by atoms with E-state index in [-0.39, 0.29) is 22.0 Å². The minimum atomic E-state index is -4.37. The third kappa shape index (κ3) is 3.97. The molecule has 0 saturated carbocycles. The molecule has 6 nitrogen and oxygen atoms in total. The van der Waals surface area contributed by atoms with Gasteiger partial charge in [0, 0.05) is 11.5 Å². The number of carbonyl (C=O) groups excluding carboxylic acids is 1. The highest BCUT2D eigenvalue weighted by molar-refractivity contribution is 7.87. The number of ether oxygens (including phenoxy) is 1. The highest BCUT2D eigenvalue weighted by atomic mass is 32.2. The fraction of sp³-hybridized carbons (Fsp3) is 0.235. The van der Waals surface area contributed by atoms with Crippen LogP contribution in [0.5, 0.6) is 11.5 Å². The first-order valence-electron chi connectivity index (χ1n) is 7.30. The molecule has 8 heteroatoms. The van der Waals surface area contributed by atoms with Gasteiger partial charge in [0.25, 0.3) is 0 Å². The Balaban J connectivity index is 2.59. The van der Waals surface area contributed by atoms with Crippen molar-refractivity contribution >= 4 is 16.4 Å². The smallest absolute Gasteiger partial charge is 0.339 e. The van der Waals surface area contributed by atoms with Crippen molar-refractivity contribution in [3.8, 4) is 11.5 Å². The number of hydrogen-bond donors (Lipinski definition) is 1. The van der Waals surface area contributed by atoms with E-state index in [0.29, 0.717) is 11.8 Å². The number of aldehydes is 1. The lowest BCUT2D eigenvalue weighted by molar-refractivity contribution is -0.108. The van der Waals surface area contributed by atoms with E-state index in [4.69, 9.17) is 8.92 Å². The highest BCUT2D eigenvalue weighted by Crippen LogP contribution is 2.38. The third-order valence-electron chi connectivity index (χ3n) is 3.61. The lowest BCUT2D eigenvalue weighted by atomic mass is 9.96. The van der Waals surface area contributed by atoms with Gasteiger partial charge in [0.05, 0.1) is 13.7 Å². The van der Waals surface area contributed by atoms with Gasteiger partial charge in [-0.2, -0.15) is 8.42 Å². The van der Waals surface area contributed by atoms with E-state index in [2.05, 4.69) is 0 Å². The number of methoxy groups -OCH3 is 1. The number of benzene rings is 2. The van der Waals surface area contributed by atoms with Gasteiger partial charge in [-0.3, -0.25) is 0 Å². The molecule has 0 aliphatic carbocycles. The van der Waals surface area contributed by atoms with E-state index in [1.165, 1.54) is 25.3 Å². The van der Waals surface area contributed by atoms with Crippen LogP contribution >= 0.6 is 0 Å². The Morgan fingerprint density at radius 1 is 1.28 bits per heavy atom. The van der Waals surface area contributed by atoms with Crippen LogP contribution in [0.1, 0.15) is 24.0 Å². The standard InChI is InChI=1S/C17H17FO6S/c1-11(9-19)14-6-7-16(23-2)17(15(14)10-20)24-25(21,22)13-5-3-4-12(18)8-13/h3-9,11,20H,10H2,1-2H3. The molecule has 2 rings (SSSR count). The molecule has 134 valence electrons. The summed E-state index contributed by atoms with van der Waals surface area (Å²) in [5.41, 5.74) is 0.515. The van der Waals surface area contributed by atoms with Gasteiger partial charge in [0.2, 0.25) is 0 Å². The zero-order chi connectivity index (χ0) is 18.6. The monoisotopic (exact) mass is 368 g/mol. The molecule has 1 N–H and O–H groups in total. The molecule has 0 bridgehead atoms. The number of halogens is 1. The van der Waals surface area contributed by atoms with Crippen LogP contribution in [0, 0.1) is 5.82 Å². The van der Waals surface area contributed by atoms with Crippen molar-refractivity contribution in [2.24, 2.45) is 0 Å². The Morgan fingerprint density at radius 3 is 2.56 bits per heavy atom. The summed E-state index contributed by atoms with van der Waals surface area (Å²) in [5, 5.41) is 9.67. The van der Waals surface area contributed by atoms with Crippen LogP contribution in [0.2, 0.25) is 0 Å². The molecule has 0 fully saturated rings.